The molecule has 1 aliphatic heterocycles. The van der Waals surface area contributed by atoms with Crippen molar-refractivity contribution in [3.8, 4) is 23.0 Å². The summed E-state index contributed by atoms with van der Waals surface area (Å²) >= 11 is 0. The average molecular weight is 552 g/mol. The van der Waals surface area contributed by atoms with Crippen LogP contribution in [0.2, 0.25) is 0 Å². The van der Waals surface area contributed by atoms with Gasteiger partial charge in [-0.25, -0.2) is 0 Å². The average Bonchev–Trinajstić information content (AvgIpc) is 3.58. The Balaban J connectivity index is 1.49. The smallest absolute Gasteiger partial charge is 0.311 e. The number of carbonyl (C=O) groups is 1. The lowest BCUT2D eigenvalue weighted by Crippen LogP contribution is -2.33. The topological polar surface area (TPSA) is 76.1 Å². The van der Waals surface area contributed by atoms with E-state index < -0.39 is 17.4 Å². The summed E-state index contributed by atoms with van der Waals surface area (Å²) in [6.45, 7) is 6.20. The van der Waals surface area contributed by atoms with E-state index in [1.165, 1.54) is 0 Å². The standard InChI is InChI=1S/C34H33NO6/c1-34(2,3)41-33(36)31-29(22-12-15-26-28(17-22)40-20-39-26)25-11-8-16-35-32(25)30(31)24-14-13-23(37-4)18-27(24)38-19-21-9-6-5-7-10-21/h5-18,29-31H,19-20H2,1-4H3/t29-,30-,31+/m0/s1. The van der Waals surface area contributed by atoms with E-state index in [4.69, 9.17) is 28.7 Å². The van der Waals surface area contributed by atoms with Gasteiger partial charge in [0.05, 0.1) is 18.7 Å². The van der Waals surface area contributed by atoms with Crippen molar-refractivity contribution in [3.63, 3.8) is 0 Å². The molecule has 1 aliphatic carbocycles. The Bertz CT molecular complexity index is 1560. The van der Waals surface area contributed by atoms with E-state index in [0.717, 1.165) is 27.9 Å². The third-order valence-corrected chi connectivity index (χ3v) is 7.45. The second-order valence-corrected chi connectivity index (χ2v) is 11.3. The Kier molecular flexibility index (Phi) is 7.03. The molecule has 0 bridgehead atoms. The maximum atomic E-state index is 14.2. The monoisotopic (exact) mass is 551 g/mol. The number of carbonyl (C=O) groups excluding carboxylic acids is 1. The summed E-state index contributed by atoms with van der Waals surface area (Å²) in [7, 11) is 1.63. The number of rotatable bonds is 7. The third-order valence-electron chi connectivity index (χ3n) is 7.45. The van der Waals surface area contributed by atoms with E-state index in [9.17, 15) is 4.79 Å². The fourth-order valence-corrected chi connectivity index (χ4v) is 5.74. The Hall–Kier alpha value is -4.52. The Morgan fingerprint density at radius 1 is 0.902 bits per heavy atom. The molecule has 3 aromatic carbocycles. The van der Waals surface area contributed by atoms with Crippen LogP contribution in [-0.2, 0) is 16.1 Å². The predicted octanol–water partition coefficient (Wildman–Crippen LogP) is 6.63. The maximum absolute atomic E-state index is 14.2. The summed E-state index contributed by atoms with van der Waals surface area (Å²) in [5, 5.41) is 0. The van der Waals surface area contributed by atoms with Crippen molar-refractivity contribution < 1.29 is 28.5 Å². The van der Waals surface area contributed by atoms with Gasteiger partial charge in [-0.15, -0.1) is 0 Å². The van der Waals surface area contributed by atoms with Gasteiger partial charge in [-0.05, 0) is 61.7 Å². The molecular formula is C34H33NO6. The molecule has 2 aliphatic rings. The number of aromatic nitrogens is 1. The van der Waals surface area contributed by atoms with Crippen LogP contribution in [-0.4, -0.2) is 30.5 Å². The van der Waals surface area contributed by atoms with Gasteiger partial charge in [-0.3, -0.25) is 9.78 Å². The summed E-state index contributed by atoms with van der Waals surface area (Å²) < 4.78 is 29.3. The molecule has 6 rings (SSSR count). The summed E-state index contributed by atoms with van der Waals surface area (Å²) in [4.78, 5) is 19.0. The zero-order chi connectivity index (χ0) is 28.6. The molecule has 0 spiro atoms. The minimum Gasteiger partial charge on any atom is -0.497 e. The zero-order valence-corrected chi connectivity index (χ0v) is 23.6. The SMILES string of the molecule is COc1ccc([C@@H]2c3ncccc3[C@H](c3ccc4c(c3)OCO4)[C@H]2C(=O)OC(C)(C)C)c(OCc2ccccc2)c1. The molecule has 4 aromatic rings. The van der Waals surface area contributed by atoms with Crippen LogP contribution in [0.3, 0.4) is 0 Å². The highest BCUT2D eigenvalue weighted by atomic mass is 16.7. The second kappa shape index (κ2) is 10.8. The van der Waals surface area contributed by atoms with Crippen LogP contribution in [0.15, 0.2) is 85.1 Å². The Morgan fingerprint density at radius 2 is 1.71 bits per heavy atom. The van der Waals surface area contributed by atoms with Gasteiger partial charge in [0.1, 0.15) is 23.7 Å². The third kappa shape index (κ3) is 5.32. The minimum atomic E-state index is -0.671. The first-order valence-corrected chi connectivity index (χ1v) is 13.7. The normalized spacial score (nSPS) is 19.0. The van der Waals surface area contributed by atoms with E-state index in [1.54, 1.807) is 13.3 Å². The number of ether oxygens (including phenoxy) is 5. The quantitative estimate of drug-likeness (QED) is 0.239. The zero-order valence-electron chi connectivity index (χ0n) is 23.6. The highest BCUT2D eigenvalue weighted by Gasteiger charge is 2.50. The first-order chi connectivity index (χ1) is 19.8. The second-order valence-electron chi connectivity index (χ2n) is 11.3. The van der Waals surface area contributed by atoms with Gasteiger partial charge in [-0.1, -0.05) is 48.5 Å². The van der Waals surface area contributed by atoms with E-state index in [0.29, 0.717) is 29.6 Å². The van der Waals surface area contributed by atoms with Crippen LogP contribution in [0, 0.1) is 5.92 Å². The minimum absolute atomic E-state index is 0.174. The molecule has 1 aromatic heterocycles. The van der Waals surface area contributed by atoms with E-state index in [-0.39, 0.29) is 18.7 Å². The number of nitrogens with zero attached hydrogens (tertiary/aromatic N) is 1. The maximum Gasteiger partial charge on any atom is 0.311 e. The molecule has 2 heterocycles. The van der Waals surface area contributed by atoms with Crippen molar-refractivity contribution in [1.29, 1.82) is 0 Å². The molecule has 0 radical (unpaired) electrons. The van der Waals surface area contributed by atoms with Gasteiger partial charge in [-0.2, -0.15) is 0 Å². The highest BCUT2D eigenvalue weighted by molar-refractivity contribution is 5.80. The highest BCUT2D eigenvalue weighted by Crippen LogP contribution is 2.55. The van der Waals surface area contributed by atoms with Gasteiger partial charge >= 0.3 is 5.97 Å². The van der Waals surface area contributed by atoms with Crippen LogP contribution >= 0.6 is 0 Å². The van der Waals surface area contributed by atoms with Gasteiger partial charge in [0.15, 0.2) is 11.5 Å². The molecule has 7 heteroatoms. The molecule has 0 saturated heterocycles. The van der Waals surface area contributed by atoms with Crippen LogP contribution in [0.25, 0.3) is 0 Å². The molecule has 0 N–H and O–H groups in total. The lowest BCUT2D eigenvalue weighted by Gasteiger charge is -2.29. The van der Waals surface area contributed by atoms with Crippen molar-refractivity contribution in [1.82, 2.24) is 4.98 Å². The first kappa shape index (κ1) is 26.7. The molecule has 0 unspecified atom stereocenters. The van der Waals surface area contributed by atoms with Gasteiger partial charge in [0.25, 0.3) is 0 Å². The molecule has 0 saturated carbocycles. The van der Waals surface area contributed by atoms with Gasteiger partial charge in [0.2, 0.25) is 6.79 Å². The number of pyridine rings is 1. The van der Waals surface area contributed by atoms with Gasteiger partial charge in [0, 0.05) is 29.7 Å². The number of hydrogen-bond donors (Lipinski definition) is 0. The van der Waals surface area contributed by atoms with Crippen LogP contribution in [0.5, 0.6) is 23.0 Å². The van der Waals surface area contributed by atoms with E-state index >= 15 is 0 Å². The lowest BCUT2D eigenvalue weighted by molar-refractivity contribution is -0.160. The predicted molar refractivity (Wildman–Crippen MR) is 154 cm³/mol. The molecule has 210 valence electrons. The van der Waals surface area contributed by atoms with Crippen molar-refractivity contribution in [3.05, 3.63) is 113 Å². The number of fused-ring (bicyclic) bond motifs is 2. The fourth-order valence-electron chi connectivity index (χ4n) is 5.74. The molecule has 0 amide bonds. The van der Waals surface area contributed by atoms with Crippen molar-refractivity contribution in [2.45, 2.75) is 44.8 Å². The lowest BCUT2D eigenvalue weighted by atomic mass is 9.79. The Morgan fingerprint density at radius 3 is 2.49 bits per heavy atom. The summed E-state index contributed by atoms with van der Waals surface area (Å²) in [5.41, 5.74) is 3.93. The summed E-state index contributed by atoms with van der Waals surface area (Å²) in [5.74, 6) is 1.00. The van der Waals surface area contributed by atoms with Crippen LogP contribution in [0.1, 0.15) is 60.6 Å². The number of hydrogen-bond acceptors (Lipinski definition) is 7. The summed E-state index contributed by atoms with van der Waals surface area (Å²) in [6, 6.07) is 25.5. The molecule has 41 heavy (non-hydrogen) atoms. The number of methoxy groups -OCH3 is 1. The molecule has 0 fully saturated rings. The fraction of sp³-hybridized carbons (Fsp3) is 0.294. The summed E-state index contributed by atoms with van der Waals surface area (Å²) in [6.07, 6.45) is 1.77. The van der Waals surface area contributed by atoms with Crippen molar-refractivity contribution >= 4 is 5.97 Å². The first-order valence-electron chi connectivity index (χ1n) is 13.7. The Labute approximate surface area is 240 Å². The van der Waals surface area contributed by atoms with Crippen LogP contribution in [0.4, 0.5) is 0 Å². The molecule has 3 atom stereocenters. The van der Waals surface area contributed by atoms with Crippen LogP contribution < -0.4 is 18.9 Å². The number of benzene rings is 3. The van der Waals surface area contributed by atoms with E-state index in [2.05, 4.69) is 0 Å². The van der Waals surface area contributed by atoms with Crippen molar-refractivity contribution in [2.24, 2.45) is 5.92 Å². The molecule has 7 nitrogen and oxygen atoms in total. The largest absolute Gasteiger partial charge is 0.497 e. The number of esters is 1. The van der Waals surface area contributed by atoms with E-state index in [1.807, 2.05) is 99.6 Å². The molecular weight excluding hydrogens is 518 g/mol. The van der Waals surface area contributed by atoms with Crippen molar-refractivity contribution in [2.75, 3.05) is 13.9 Å². The van der Waals surface area contributed by atoms with Gasteiger partial charge < -0.3 is 23.7 Å².